The van der Waals surface area contributed by atoms with Crippen molar-refractivity contribution >= 4 is 46.2 Å². The lowest BCUT2D eigenvalue weighted by molar-refractivity contribution is 0.0701. The standard InChI is InChI=1S/C12H9Cl2NO2S/c13-8-3-9(14)5-10(4-8)15-6-7-1-2-18-11(7)12(16)17/h1-5,15H,6H2,(H,16,17). The van der Waals surface area contributed by atoms with Crippen LogP contribution in [0.2, 0.25) is 10.0 Å². The zero-order valence-corrected chi connectivity index (χ0v) is 11.4. The molecule has 0 aliphatic heterocycles. The molecule has 1 heterocycles. The summed E-state index contributed by atoms with van der Waals surface area (Å²) in [6.07, 6.45) is 0. The van der Waals surface area contributed by atoms with E-state index < -0.39 is 5.97 Å². The van der Waals surface area contributed by atoms with Gasteiger partial charge in [-0.1, -0.05) is 23.2 Å². The van der Waals surface area contributed by atoms with Crippen molar-refractivity contribution in [3.63, 3.8) is 0 Å². The molecule has 0 spiro atoms. The topological polar surface area (TPSA) is 49.3 Å². The number of rotatable bonds is 4. The Labute approximate surface area is 118 Å². The van der Waals surface area contributed by atoms with Crippen LogP contribution in [0.1, 0.15) is 15.2 Å². The summed E-state index contributed by atoms with van der Waals surface area (Å²) in [5, 5.41) is 14.9. The fraction of sp³-hybridized carbons (Fsp3) is 0.0833. The SMILES string of the molecule is O=C(O)c1sccc1CNc1cc(Cl)cc(Cl)c1. The Bertz CT molecular complexity index is 563. The second-order valence-electron chi connectivity index (χ2n) is 3.59. The number of hydrogen-bond donors (Lipinski definition) is 2. The zero-order chi connectivity index (χ0) is 13.1. The number of benzene rings is 1. The maximum atomic E-state index is 10.9. The number of thiophene rings is 1. The number of aromatic carboxylic acids is 1. The third-order valence-corrected chi connectivity index (χ3v) is 3.67. The van der Waals surface area contributed by atoms with E-state index in [0.717, 1.165) is 11.3 Å². The van der Waals surface area contributed by atoms with E-state index in [1.165, 1.54) is 11.3 Å². The summed E-state index contributed by atoms with van der Waals surface area (Å²) in [6, 6.07) is 6.90. The van der Waals surface area contributed by atoms with Crippen molar-refractivity contribution in [3.8, 4) is 0 Å². The van der Waals surface area contributed by atoms with Gasteiger partial charge in [0, 0.05) is 22.3 Å². The quantitative estimate of drug-likeness (QED) is 0.882. The van der Waals surface area contributed by atoms with Gasteiger partial charge in [0.15, 0.2) is 0 Å². The van der Waals surface area contributed by atoms with Gasteiger partial charge in [0.25, 0.3) is 0 Å². The third-order valence-electron chi connectivity index (χ3n) is 2.29. The van der Waals surface area contributed by atoms with Crippen LogP contribution in [0.15, 0.2) is 29.6 Å². The minimum absolute atomic E-state index is 0.343. The van der Waals surface area contributed by atoms with E-state index in [-0.39, 0.29) is 0 Å². The highest BCUT2D eigenvalue weighted by Gasteiger charge is 2.11. The Morgan fingerprint density at radius 2 is 1.94 bits per heavy atom. The first kappa shape index (κ1) is 13.2. The van der Waals surface area contributed by atoms with E-state index in [2.05, 4.69) is 5.32 Å². The smallest absolute Gasteiger partial charge is 0.346 e. The molecule has 0 amide bonds. The molecule has 3 nitrogen and oxygen atoms in total. The fourth-order valence-electron chi connectivity index (χ4n) is 1.52. The van der Waals surface area contributed by atoms with Crippen molar-refractivity contribution < 1.29 is 9.90 Å². The van der Waals surface area contributed by atoms with Gasteiger partial charge in [-0.05, 0) is 35.2 Å². The number of carbonyl (C=O) groups is 1. The van der Waals surface area contributed by atoms with E-state index in [9.17, 15) is 4.79 Å². The van der Waals surface area contributed by atoms with E-state index >= 15 is 0 Å². The summed E-state index contributed by atoms with van der Waals surface area (Å²) in [5.41, 5.74) is 1.50. The van der Waals surface area contributed by atoms with E-state index in [4.69, 9.17) is 28.3 Å². The molecule has 0 aliphatic carbocycles. The largest absolute Gasteiger partial charge is 0.477 e. The molecule has 2 N–H and O–H groups in total. The normalized spacial score (nSPS) is 10.3. The monoisotopic (exact) mass is 301 g/mol. The molecule has 18 heavy (non-hydrogen) atoms. The van der Waals surface area contributed by atoms with Gasteiger partial charge in [-0.3, -0.25) is 0 Å². The van der Waals surface area contributed by atoms with Crippen LogP contribution in [0.3, 0.4) is 0 Å². The van der Waals surface area contributed by atoms with Gasteiger partial charge in [-0.2, -0.15) is 0 Å². The lowest BCUT2D eigenvalue weighted by Crippen LogP contribution is -2.03. The van der Waals surface area contributed by atoms with Crippen molar-refractivity contribution in [2.24, 2.45) is 0 Å². The predicted octanol–water partition coefficient (Wildman–Crippen LogP) is 4.37. The Kier molecular flexibility index (Phi) is 4.11. The van der Waals surface area contributed by atoms with Gasteiger partial charge in [0.05, 0.1) is 0 Å². The van der Waals surface area contributed by atoms with Gasteiger partial charge >= 0.3 is 5.97 Å². The van der Waals surface area contributed by atoms with E-state index in [0.29, 0.717) is 21.5 Å². The lowest BCUT2D eigenvalue weighted by Gasteiger charge is -2.07. The third kappa shape index (κ3) is 3.16. The molecule has 2 aromatic rings. The maximum absolute atomic E-state index is 10.9. The second-order valence-corrected chi connectivity index (χ2v) is 5.38. The van der Waals surface area contributed by atoms with Crippen LogP contribution in [0.5, 0.6) is 0 Å². The molecule has 6 heteroatoms. The van der Waals surface area contributed by atoms with Crippen molar-refractivity contribution in [3.05, 3.63) is 50.1 Å². The molecule has 0 unspecified atom stereocenters. The van der Waals surface area contributed by atoms with Crippen LogP contribution >= 0.6 is 34.5 Å². The lowest BCUT2D eigenvalue weighted by atomic mass is 10.2. The number of nitrogens with one attached hydrogen (secondary N) is 1. The Balaban J connectivity index is 2.11. The number of carboxylic acid groups (broad SMARTS) is 1. The fourth-order valence-corrected chi connectivity index (χ4v) is 2.80. The summed E-state index contributed by atoms with van der Waals surface area (Å²) in [6.45, 7) is 0.418. The maximum Gasteiger partial charge on any atom is 0.346 e. The average Bonchev–Trinajstić information content (AvgIpc) is 2.73. The van der Waals surface area contributed by atoms with Crippen LogP contribution in [-0.2, 0) is 6.54 Å². The number of hydrogen-bond acceptors (Lipinski definition) is 3. The molecular weight excluding hydrogens is 293 g/mol. The molecular formula is C12H9Cl2NO2S. The van der Waals surface area contributed by atoms with Crippen LogP contribution in [-0.4, -0.2) is 11.1 Å². The van der Waals surface area contributed by atoms with Crippen molar-refractivity contribution in [2.45, 2.75) is 6.54 Å². The molecule has 2 rings (SSSR count). The first-order chi connectivity index (χ1) is 8.56. The van der Waals surface area contributed by atoms with Crippen LogP contribution in [0.25, 0.3) is 0 Å². The Morgan fingerprint density at radius 3 is 2.56 bits per heavy atom. The molecule has 0 radical (unpaired) electrons. The summed E-state index contributed by atoms with van der Waals surface area (Å²) >= 11 is 13.0. The molecule has 1 aromatic carbocycles. The molecule has 0 fully saturated rings. The summed E-state index contributed by atoms with van der Waals surface area (Å²) in [5.74, 6) is -0.911. The number of anilines is 1. The van der Waals surface area contributed by atoms with E-state index in [1.807, 2.05) is 0 Å². The summed E-state index contributed by atoms with van der Waals surface area (Å²) in [4.78, 5) is 11.3. The Morgan fingerprint density at radius 1 is 1.28 bits per heavy atom. The van der Waals surface area contributed by atoms with Crippen molar-refractivity contribution in [1.82, 2.24) is 0 Å². The van der Waals surface area contributed by atoms with Gasteiger partial charge in [-0.15, -0.1) is 11.3 Å². The number of carboxylic acids is 1. The first-order valence-corrected chi connectivity index (χ1v) is 6.69. The minimum Gasteiger partial charge on any atom is -0.477 e. The minimum atomic E-state index is -0.911. The van der Waals surface area contributed by atoms with Crippen LogP contribution in [0.4, 0.5) is 5.69 Å². The molecule has 0 saturated heterocycles. The molecule has 1 aromatic heterocycles. The Hall–Kier alpha value is -1.23. The van der Waals surface area contributed by atoms with Gasteiger partial charge < -0.3 is 10.4 Å². The van der Waals surface area contributed by atoms with Gasteiger partial charge in [-0.25, -0.2) is 4.79 Å². The molecule has 0 atom stereocenters. The van der Waals surface area contributed by atoms with Gasteiger partial charge in [0.2, 0.25) is 0 Å². The average molecular weight is 302 g/mol. The summed E-state index contributed by atoms with van der Waals surface area (Å²) in [7, 11) is 0. The second kappa shape index (κ2) is 5.61. The summed E-state index contributed by atoms with van der Waals surface area (Å²) < 4.78 is 0. The predicted molar refractivity (Wildman–Crippen MR) is 75.1 cm³/mol. The molecule has 0 saturated carbocycles. The molecule has 0 aliphatic rings. The highest BCUT2D eigenvalue weighted by atomic mass is 35.5. The van der Waals surface area contributed by atoms with Gasteiger partial charge in [0.1, 0.15) is 4.88 Å². The van der Waals surface area contributed by atoms with Crippen molar-refractivity contribution in [2.75, 3.05) is 5.32 Å². The first-order valence-electron chi connectivity index (χ1n) is 5.06. The zero-order valence-electron chi connectivity index (χ0n) is 9.11. The van der Waals surface area contributed by atoms with Crippen LogP contribution < -0.4 is 5.32 Å². The highest BCUT2D eigenvalue weighted by molar-refractivity contribution is 7.12. The van der Waals surface area contributed by atoms with E-state index in [1.54, 1.807) is 29.6 Å². The molecule has 0 bridgehead atoms. The van der Waals surface area contributed by atoms with Crippen molar-refractivity contribution in [1.29, 1.82) is 0 Å². The number of halogens is 2. The van der Waals surface area contributed by atoms with Crippen LogP contribution in [0, 0.1) is 0 Å². The molecule has 94 valence electrons. The highest BCUT2D eigenvalue weighted by Crippen LogP contribution is 2.24.